The van der Waals surface area contributed by atoms with Gasteiger partial charge in [0, 0.05) is 5.56 Å². The largest absolute Gasteiger partial charge is 0.493 e. The van der Waals surface area contributed by atoms with E-state index in [1.165, 1.54) is 0 Å². The molecular formula is C13H20O2. The highest BCUT2D eigenvalue weighted by Gasteiger charge is 2.09. The van der Waals surface area contributed by atoms with Crippen molar-refractivity contribution in [2.24, 2.45) is 5.92 Å². The summed E-state index contributed by atoms with van der Waals surface area (Å²) in [6.45, 7) is 8.67. The standard InChI is InChI=1S/C13H20O2/c1-9(2)8-15-13-6-5-10(3)7-12(13)11(4)14/h5-7,9,11,14H,8H2,1-4H3. The van der Waals surface area contributed by atoms with Crippen molar-refractivity contribution in [2.75, 3.05) is 6.61 Å². The highest BCUT2D eigenvalue weighted by atomic mass is 16.5. The van der Waals surface area contributed by atoms with Crippen LogP contribution in [-0.4, -0.2) is 11.7 Å². The van der Waals surface area contributed by atoms with Crippen molar-refractivity contribution in [3.05, 3.63) is 29.3 Å². The number of rotatable bonds is 4. The topological polar surface area (TPSA) is 29.5 Å². The van der Waals surface area contributed by atoms with Crippen LogP contribution in [0.5, 0.6) is 5.75 Å². The van der Waals surface area contributed by atoms with Crippen LogP contribution >= 0.6 is 0 Å². The predicted molar refractivity (Wildman–Crippen MR) is 62.1 cm³/mol. The van der Waals surface area contributed by atoms with Gasteiger partial charge in [-0.25, -0.2) is 0 Å². The number of hydrogen-bond donors (Lipinski definition) is 1. The maximum Gasteiger partial charge on any atom is 0.125 e. The first kappa shape index (κ1) is 12.1. The van der Waals surface area contributed by atoms with Gasteiger partial charge in [0.15, 0.2) is 0 Å². The Morgan fingerprint density at radius 2 is 1.93 bits per heavy atom. The van der Waals surface area contributed by atoms with Crippen molar-refractivity contribution >= 4 is 0 Å². The zero-order valence-electron chi connectivity index (χ0n) is 9.95. The van der Waals surface area contributed by atoms with E-state index < -0.39 is 6.10 Å². The molecule has 1 aromatic carbocycles. The van der Waals surface area contributed by atoms with Gasteiger partial charge in [0.2, 0.25) is 0 Å². The average Bonchev–Trinajstić information content (AvgIpc) is 2.15. The Labute approximate surface area is 91.9 Å². The van der Waals surface area contributed by atoms with Crippen LogP contribution in [0.1, 0.15) is 38.0 Å². The Bertz CT molecular complexity index is 316. The van der Waals surface area contributed by atoms with E-state index >= 15 is 0 Å². The fourth-order valence-electron chi connectivity index (χ4n) is 1.38. The lowest BCUT2D eigenvalue weighted by molar-refractivity contribution is 0.188. The second-order valence-corrected chi connectivity index (χ2v) is 4.42. The highest BCUT2D eigenvalue weighted by Crippen LogP contribution is 2.26. The predicted octanol–water partition coefficient (Wildman–Crippen LogP) is 3.08. The van der Waals surface area contributed by atoms with E-state index in [1.54, 1.807) is 6.92 Å². The summed E-state index contributed by atoms with van der Waals surface area (Å²) in [6.07, 6.45) is -0.480. The van der Waals surface area contributed by atoms with Crippen molar-refractivity contribution in [3.63, 3.8) is 0 Å². The molecule has 15 heavy (non-hydrogen) atoms. The van der Waals surface area contributed by atoms with Gasteiger partial charge in [0.1, 0.15) is 5.75 Å². The third kappa shape index (κ3) is 3.56. The van der Waals surface area contributed by atoms with Gasteiger partial charge in [-0.2, -0.15) is 0 Å². The molecule has 84 valence electrons. The van der Waals surface area contributed by atoms with E-state index in [9.17, 15) is 5.11 Å². The van der Waals surface area contributed by atoms with Crippen molar-refractivity contribution in [3.8, 4) is 5.75 Å². The number of hydrogen-bond acceptors (Lipinski definition) is 2. The molecule has 0 bridgehead atoms. The highest BCUT2D eigenvalue weighted by molar-refractivity contribution is 5.38. The molecule has 0 saturated carbocycles. The Morgan fingerprint density at radius 1 is 1.27 bits per heavy atom. The monoisotopic (exact) mass is 208 g/mol. The van der Waals surface area contributed by atoms with Gasteiger partial charge in [-0.1, -0.05) is 25.5 Å². The van der Waals surface area contributed by atoms with Crippen molar-refractivity contribution in [2.45, 2.75) is 33.8 Å². The Balaban J connectivity index is 2.86. The first-order valence-electron chi connectivity index (χ1n) is 5.42. The normalized spacial score (nSPS) is 12.9. The van der Waals surface area contributed by atoms with Gasteiger partial charge in [-0.3, -0.25) is 0 Å². The van der Waals surface area contributed by atoms with Crippen LogP contribution < -0.4 is 4.74 Å². The maximum absolute atomic E-state index is 9.61. The smallest absolute Gasteiger partial charge is 0.125 e. The fraction of sp³-hybridized carbons (Fsp3) is 0.538. The Morgan fingerprint density at radius 3 is 2.47 bits per heavy atom. The minimum Gasteiger partial charge on any atom is -0.493 e. The molecule has 2 nitrogen and oxygen atoms in total. The third-order valence-corrected chi connectivity index (χ3v) is 2.19. The summed E-state index contributed by atoms with van der Waals surface area (Å²) in [7, 11) is 0. The van der Waals surface area contributed by atoms with E-state index in [0.29, 0.717) is 12.5 Å². The van der Waals surface area contributed by atoms with Crippen molar-refractivity contribution in [1.82, 2.24) is 0 Å². The van der Waals surface area contributed by atoms with E-state index in [1.807, 2.05) is 25.1 Å². The van der Waals surface area contributed by atoms with Crippen LogP contribution in [0.3, 0.4) is 0 Å². The van der Waals surface area contributed by atoms with Crippen molar-refractivity contribution < 1.29 is 9.84 Å². The molecule has 1 aromatic rings. The van der Waals surface area contributed by atoms with E-state index in [2.05, 4.69) is 13.8 Å². The molecule has 0 spiro atoms. The van der Waals surface area contributed by atoms with Gasteiger partial charge in [-0.15, -0.1) is 0 Å². The minimum absolute atomic E-state index is 0.480. The number of aryl methyl sites for hydroxylation is 1. The first-order valence-corrected chi connectivity index (χ1v) is 5.42. The molecule has 0 aliphatic heterocycles. The fourth-order valence-corrected chi connectivity index (χ4v) is 1.38. The molecule has 0 aliphatic rings. The number of benzene rings is 1. The van der Waals surface area contributed by atoms with Gasteiger partial charge in [0.25, 0.3) is 0 Å². The van der Waals surface area contributed by atoms with Gasteiger partial charge in [-0.05, 0) is 31.9 Å². The first-order chi connectivity index (χ1) is 7.00. The van der Waals surface area contributed by atoms with E-state index in [4.69, 9.17) is 4.74 Å². The molecule has 2 heteroatoms. The van der Waals surface area contributed by atoms with Crippen LogP contribution in [0, 0.1) is 12.8 Å². The van der Waals surface area contributed by atoms with Crippen molar-refractivity contribution in [1.29, 1.82) is 0 Å². The lowest BCUT2D eigenvalue weighted by Crippen LogP contribution is -2.07. The molecule has 0 aromatic heterocycles. The molecule has 1 atom stereocenters. The SMILES string of the molecule is Cc1ccc(OCC(C)C)c(C(C)O)c1. The van der Waals surface area contributed by atoms with Crippen LogP contribution in [-0.2, 0) is 0 Å². The molecule has 1 N–H and O–H groups in total. The molecule has 1 unspecified atom stereocenters. The molecular weight excluding hydrogens is 188 g/mol. The van der Waals surface area contributed by atoms with Crippen LogP contribution in [0.15, 0.2) is 18.2 Å². The molecule has 0 aliphatic carbocycles. The molecule has 0 saturated heterocycles. The second kappa shape index (κ2) is 5.17. The number of aliphatic hydroxyl groups is 1. The summed E-state index contributed by atoms with van der Waals surface area (Å²) in [5.74, 6) is 1.29. The van der Waals surface area contributed by atoms with Gasteiger partial charge in [0.05, 0.1) is 12.7 Å². The van der Waals surface area contributed by atoms with Crippen LogP contribution in [0.25, 0.3) is 0 Å². The number of aliphatic hydroxyl groups excluding tert-OH is 1. The Hall–Kier alpha value is -1.02. The van der Waals surface area contributed by atoms with Gasteiger partial charge >= 0.3 is 0 Å². The summed E-state index contributed by atoms with van der Waals surface area (Å²) in [5.41, 5.74) is 2.01. The van der Waals surface area contributed by atoms with E-state index in [0.717, 1.165) is 16.9 Å². The molecule has 1 rings (SSSR count). The van der Waals surface area contributed by atoms with E-state index in [-0.39, 0.29) is 0 Å². The van der Waals surface area contributed by atoms with Crippen LogP contribution in [0.4, 0.5) is 0 Å². The molecule has 0 fully saturated rings. The third-order valence-electron chi connectivity index (χ3n) is 2.19. The lowest BCUT2D eigenvalue weighted by atomic mass is 10.1. The summed E-state index contributed by atoms with van der Waals surface area (Å²) in [4.78, 5) is 0. The van der Waals surface area contributed by atoms with Gasteiger partial charge < -0.3 is 9.84 Å². The number of ether oxygens (including phenoxy) is 1. The lowest BCUT2D eigenvalue weighted by Gasteiger charge is -2.15. The summed E-state index contributed by atoms with van der Waals surface area (Å²) >= 11 is 0. The summed E-state index contributed by atoms with van der Waals surface area (Å²) in [5, 5.41) is 9.61. The zero-order chi connectivity index (χ0) is 11.4. The second-order valence-electron chi connectivity index (χ2n) is 4.42. The summed E-state index contributed by atoms with van der Waals surface area (Å²) < 4.78 is 5.65. The molecule has 0 radical (unpaired) electrons. The average molecular weight is 208 g/mol. The molecule has 0 amide bonds. The van der Waals surface area contributed by atoms with Crippen LogP contribution in [0.2, 0.25) is 0 Å². The minimum atomic E-state index is -0.480. The maximum atomic E-state index is 9.61. The quantitative estimate of drug-likeness (QED) is 0.824. The Kier molecular flexibility index (Phi) is 4.15. The summed E-state index contributed by atoms with van der Waals surface area (Å²) in [6, 6.07) is 5.90. The molecule has 0 heterocycles. The zero-order valence-corrected chi connectivity index (χ0v) is 9.95.